The molecule has 5 heteroatoms. The highest BCUT2D eigenvalue weighted by atomic mass is 16.5. The molecule has 0 unspecified atom stereocenters. The Kier molecular flexibility index (Phi) is 2.73. The van der Waals surface area contributed by atoms with E-state index in [0.717, 1.165) is 0 Å². The number of aromatic hydroxyl groups is 2. The monoisotopic (exact) mass is 284 g/mol. The van der Waals surface area contributed by atoms with Gasteiger partial charge in [0.05, 0.1) is 18.2 Å². The van der Waals surface area contributed by atoms with Crippen molar-refractivity contribution in [2.75, 3.05) is 7.11 Å². The quantitative estimate of drug-likeness (QED) is 0.715. The van der Waals surface area contributed by atoms with Crippen LogP contribution in [0.4, 0.5) is 0 Å². The first-order valence-electron chi connectivity index (χ1n) is 6.29. The molecule has 2 N–H and O–H groups in total. The summed E-state index contributed by atoms with van der Waals surface area (Å²) in [7, 11) is 1.37. The molecule has 0 aromatic heterocycles. The number of carbonyl (C=O) groups excluding carboxylic acids is 2. The third kappa shape index (κ3) is 1.64. The zero-order chi connectivity index (χ0) is 15.3. The van der Waals surface area contributed by atoms with Gasteiger partial charge in [0.1, 0.15) is 17.2 Å². The maximum Gasteiger partial charge on any atom is 0.198 e. The highest BCUT2D eigenvalue weighted by molar-refractivity contribution is 6.30. The van der Waals surface area contributed by atoms with E-state index in [1.165, 1.54) is 31.4 Å². The van der Waals surface area contributed by atoms with Gasteiger partial charge in [-0.3, -0.25) is 9.59 Å². The number of hydrogen-bond acceptors (Lipinski definition) is 5. The Labute approximate surface area is 120 Å². The lowest BCUT2D eigenvalue weighted by molar-refractivity contribution is 0.0973. The van der Waals surface area contributed by atoms with Crippen LogP contribution in [0.1, 0.15) is 37.4 Å². The first-order chi connectivity index (χ1) is 9.97. The molecule has 0 atom stereocenters. The van der Waals surface area contributed by atoms with Gasteiger partial charge in [-0.05, 0) is 19.1 Å². The molecule has 2 aromatic carbocycles. The second-order valence-electron chi connectivity index (χ2n) is 4.83. The van der Waals surface area contributed by atoms with Crippen molar-refractivity contribution >= 4 is 11.6 Å². The maximum absolute atomic E-state index is 12.6. The smallest absolute Gasteiger partial charge is 0.198 e. The van der Waals surface area contributed by atoms with Crippen LogP contribution < -0.4 is 4.74 Å². The molecular formula is C16H12O5. The molecule has 0 bridgehead atoms. The van der Waals surface area contributed by atoms with Crippen molar-refractivity contribution in [2.24, 2.45) is 0 Å². The topological polar surface area (TPSA) is 83.8 Å². The van der Waals surface area contributed by atoms with Crippen molar-refractivity contribution in [3.63, 3.8) is 0 Å². The lowest BCUT2D eigenvalue weighted by Crippen LogP contribution is -2.22. The highest BCUT2D eigenvalue weighted by Crippen LogP contribution is 2.41. The summed E-state index contributed by atoms with van der Waals surface area (Å²) in [6.07, 6.45) is 0. The van der Waals surface area contributed by atoms with Crippen LogP contribution in [-0.2, 0) is 0 Å². The van der Waals surface area contributed by atoms with Crippen LogP contribution in [0.25, 0.3) is 0 Å². The fraction of sp³-hybridized carbons (Fsp3) is 0.125. The summed E-state index contributed by atoms with van der Waals surface area (Å²) in [6.45, 7) is 1.60. The largest absolute Gasteiger partial charge is 0.508 e. The Morgan fingerprint density at radius 2 is 1.62 bits per heavy atom. The van der Waals surface area contributed by atoms with E-state index in [4.69, 9.17) is 4.74 Å². The number of fused-ring (bicyclic) bond motifs is 2. The molecule has 0 saturated heterocycles. The number of carbonyl (C=O) groups is 2. The number of ether oxygens (including phenoxy) is 1. The van der Waals surface area contributed by atoms with E-state index in [0.29, 0.717) is 5.56 Å². The van der Waals surface area contributed by atoms with Crippen molar-refractivity contribution in [2.45, 2.75) is 6.92 Å². The molecule has 3 rings (SSSR count). The average Bonchev–Trinajstić information content (AvgIpc) is 2.46. The Morgan fingerprint density at radius 1 is 0.952 bits per heavy atom. The number of rotatable bonds is 1. The normalized spacial score (nSPS) is 12.9. The molecule has 0 fully saturated rings. The number of phenols is 2. The van der Waals surface area contributed by atoms with Gasteiger partial charge >= 0.3 is 0 Å². The first kappa shape index (κ1) is 13.2. The molecule has 0 amide bonds. The van der Waals surface area contributed by atoms with Crippen molar-refractivity contribution in [1.29, 1.82) is 0 Å². The van der Waals surface area contributed by atoms with Crippen molar-refractivity contribution < 1.29 is 24.5 Å². The van der Waals surface area contributed by atoms with Crippen LogP contribution in [0, 0.1) is 6.92 Å². The Morgan fingerprint density at radius 3 is 2.29 bits per heavy atom. The zero-order valence-corrected chi connectivity index (χ0v) is 11.4. The molecule has 1 aliphatic rings. The van der Waals surface area contributed by atoms with E-state index in [1.807, 2.05) is 0 Å². The SMILES string of the molecule is COc1c(C)c(O)cc2c1C(=O)c1cccc(O)c1C2=O. The average molecular weight is 284 g/mol. The van der Waals surface area contributed by atoms with E-state index in [-0.39, 0.29) is 39.5 Å². The van der Waals surface area contributed by atoms with Gasteiger partial charge in [0.15, 0.2) is 11.6 Å². The van der Waals surface area contributed by atoms with E-state index in [2.05, 4.69) is 0 Å². The predicted molar refractivity (Wildman–Crippen MR) is 74.4 cm³/mol. The van der Waals surface area contributed by atoms with Gasteiger partial charge in [-0.25, -0.2) is 0 Å². The standard InChI is InChI=1S/C16H12O5/c1-7-11(18)6-9-13(16(7)21-2)14(19)8-4-3-5-10(17)12(8)15(9)20/h3-6,17-18H,1-2H3. The van der Waals surface area contributed by atoms with E-state index in [9.17, 15) is 19.8 Å². The van der Waals surface area contributed by atoms with Crippen LogP contribution in [0.2, 0.25) is 0 Å². The Balaban J connectivity index is 2.41. The van der Waals surface area contributed by atoms with Gasteiger partial charge in [-0.1, -0.05) is 12.1 Å². The summed E-state index contributed by atoms with van der Waals surface area (Å²) in [5.74, 6) is -1.12. The minimum absolute atomic E-state index is 0.0361. The minimum Gasteiger partial charge on any atom is -0.508 e. The summed E-state index contributed by atoms with van der Waals surface area (Å²) >= 11 is 0. The van der Waals surface area contributed by atoms with Crippen LogP contribution in [0.15, 0.2) is 24.3 Å². The summed E-state index contributed by atoms with van der Waals surface area (Å²) in [5, 5.41) is 19.8. The van der Waals surface area contributed by atoms with E-state index >= 15 is 0 Å². The third-order valence-corrected chi connectivity index (χ3v) is 3.69. The third-order valence-electron chi connectivity index (χ3n) is 3.69. The minimum atomic E-state index is -0.508. The molecule has 1 aliphatic carbocycles. The lowest BCUT2D eigenvalue weighted by atomic mass is 9.82. The molecule has 2 aromatic rings. The molecule has 0 spiro atoms. The summed E-state index contributed by atoms with van der Waals surface area (Å²) < 4.78 is 5.19. The number of ketones is 2. The molecule has 0 aliphatic heterocycles. The second kappa shape index (κ2) is 4.34. The highest BCUT2D eigenvalue weighted by Gasteiger charge is 2.35. The molecule has 0 heterocycles. The van der Waals surface area contributed by atoms with Gasteiger partial charge in [0.25, 0.3) is 0 Å². The van der Waals surface area contributed by atoms with Crippen molar-refractivity contribution in [3.05, 3.63) is 52.1 Å². The molecule has 106 valence electrons. The van der Waals surface area contributed by atoms with Gasteiger partial charge in [-0.15, -0.1) is 0 Å². The maximum atomic E-state index is 12.6. The van der Waals surface area contributed by atoms with Crippen molar-refractivity contribution in [1.82, 2.24) is 0 Å². The van der Waals surface area contributed by atoms with Crippen LogP contribution in [-0.4, -0.2) is 28.9 Å². The lowest BCUT2D eigenvalue weighted by Gasteiger charge is -2.22. The Hall–Kier alpha value is -2.82. The van der Waals surface area contributed by atoms with Gasteiger partial charge in [0, 0.05) is 16.7 Å². The van der Waals surface area contributed by atoms with E-state index in [1.54, 1.807) is 6.92 Å². The van der Waals surface area contributed by atoms with Crippen LogP contribution in [0.5, 0.6) is 17.2 Å². The van der Waals surface area contributed by atoms with Gasteiger partial charge in [-0.2, -0.15) is 0 Å². The fourth-order valence-corrected chi connectivity index (χ4v) is 2.64. The molecule has 0 radical (unpaired) electrons. The zero-order valence-electron chi connectivity index (χ0n) is 11.4. The number of methoxy groups -OCH3 is 1. The number of hydrogen-bond donors (Lipinski definition) is 2. The predicted octanol–water partition coefficient (Wildman–Crippen LogP) is 2.19. The molecule has 21 heavy (non-hydrogen) atoms. The second-order valence-corrected chi connectivity index (χ2v) is 4.83. The molecule has 5 nitrogen and oxygen atoms in total. The number of phenolic OH excluding ortho intramolecular Hbond substituents is 2. The van der Waals surface area contributed by atoms with Crippen LogP contribution in [0.3, 0.4) is 0 Å². The molecule has 0 saturated carbocycles. The van der Waals surface area contributed by atoms with E-state index < -0.39 is 11.6 Å². The van der Waals surface area contributed by atoms with Gasteiger partial charge < -0.3 is 14.9 Å². The molecular weight excluding hydrogens is 272 g/mol. The first-order valence-corrected chi connectivity index (χ1v) is 6.29. The fourth-order valence-electron chi connectivity index (χ4n) is 2.64. The van der Waals surface area contributed by atoms with Crippen molar-refractivity contribution in [3.8, 4) is 17.2 Å². The Bertz CT molecular complexity index is 805. The summed E-state index contributed by atoms with van der Waals surface area (Å²) in [5.41, 5.74) is 0.641. The summed E-state index contributed by atoms with van der Waals surface area (Å²) in [6, 6.07) is 5.58. The number of benzene rings is 2. The summed E-state index contributed by atoms with van der Waals surface area (Å²) in [4.78, 5) is 25.2. The van der Waals surface area contributed by atoms with Gasteiger partial charge in [0.2, 0.25) is 0 Å². The van der Waals surface area contributed by atoms with Crippen LogP contribution >= 0.6 is 0 Å².